The summed E-state index contributed by atoms with van der Waals surface area (Å²) in [4.78, 5) is 15.5. The number of amides is 1. The quantitative estimate of drug-likeness (QED) is 0.925. The summed E-state index contributed by atoms with van der Waals surface area (Å²) >= 11 is 0. The number of likely N-dealkylation sites (tertiary alicyclic amines) is 1. The van der Waals surface area contributed by atoms with Crippen LogP contribution in [-0.2, 0) is 11.3 Å². The maximum absolute atomic E-state index is 11.3. The van der Waals surface area contributed by atoms with E-state index in [1.54, 1.807) is 11.8 Å². The van der Waals surface area contributed by atoms with Crippen LogP contribution in [0.2, 0.25) is 0 Å². The number of anilines is 1. The number of rotatable bonds is 4. The van der Waals surface area contributed by atoms with Gasteiger partial charge in [0.25, 0.3) is 0 Å². The fourth-order valence-corrected chi connectivity index (χ4v) is 2.76. The Bertz CT molecular complexity index is 475. The summed E-state index contributed by atoms with van der Waals surface area (Å²) in [6.45, 7) is 4.62. The molecule has 1 aromatic rings. The van der Waals surface area contributed by atoms with E-state index in [1.807, 2.05) is 7.05 Å². The molecule has 21 heavy (non-hydrogen) atoms. The third kappa shape index (κ3) is 5.05. The predicted molar refractivity (Wildman–Crippen MR) is 87.3 cm³/mol. The molecular weight excluding hydrogens is 262 g/mol. The van der Waals surface area contributed by atoms with Crippen molar-refractivity contribution in [2.45, 2.75) is 38.8 Å². The van der Waals surface area contributed by atoms with E-state index in [0.29, 0.717) is 12.6 Å². The Hall–Kier alpha value is -1.55. The molecule has 1 heterocycles. The molecule has 1 amide bonds. The molecule has 1 aliphatic heterocycles. The first-order chi connectivity index (χ1) is 10.0. The number of carbonyl (C=O) groups is 1. The average molecular weight is 289 g/mol. The van der Waals surface area contributed by atoms with Crippen LogP contribution in [0.25, 0.3) is 0 Å². The van der Waals surface area contributed by atoms with Crippen molar-refractivity contribution in [2.75, 3.05) is 32.5 Å². The molecule has 4 nitrogen and oxygen atoms in total. The van der Waals surface area contributed by atoms with Crippen molar-refractivity contribution in [3.8, 4) is 0 Å². The van der Waals surface area contributed by atoms with Crippen LogP contribution < -0.4 is 5.32 Å². The van der Waals surface area contributed by atoms with E-state index >= 15 is 0 Å². The van der Waals surface area contributed by atoms with Gasteiger partial charge in [0, 0.05) is 32.2 Å². The number of carbonyl (C=O) groups excluding carboxylic acids is 1. The summed E-state index contributed by atoms with van der Waals surface area (Å²) < 4.78 is 0. The summed E-state index contributed by atoms with van der Waals surface area (Å²) in [6.07, 6.45) is 3.66. The molecule has 0 bridgehead atoms. The molecule has 1 saturated heterocycles. The molecule has 0 aromatic heterocycles. The lowest BCUT2D eigenvalue weighted by atomic mass is 10.1. The molecule has 0 saturated carbocycles. The summed E-state index contributed by atoms with van der Waals surface area (Å²) in [5.41, 5.74) is 2.34. The zero-order valence-electron chi connectivity index (χ0n) is 13.4. The second kappa shape index (κ2) is 7.46. The van der Waals surface area contributed by atoms with Crippen molar-refractivity contribution >= 4 is 11.6 Å². The molecule has 1 aliphatic rings. The Kier molecular flexibility index (Phi) is 5.62. The molecule has 116 valence electrons. The number of hydrogen-bond donors (Lipinski definition) is 1. The summed E-state index contributed by atoms with van der Waals surface area (Å²) in [6, 6.07) is 8.97. The van der Waals surface area contributed by atoms with Crippen LogP contribution in [0, 0.1) is 0 Å². The van der Waals surface area contributed by atoms with E-state index in [9.17, 15) is 4.79 Å². The molecular formula is C17H27N3O. The summed E-state index contributed by atoms with van der Waals surface area (Å²) in [5, 5.41) is 3.65. The topological polar surface area (TPSA) is 35.6 Å². The average Bonchev–Trinajstić information content (AvgIpc) is 2.64. The van der Waals surface area contributed by atoms with Crippen molar-refractivity contribution in [3.63, 3.8) is 0 Å². The van der Waals surface area contributed by atoms with Crippen molar-refractivity contribution in [2.24, 2.45) is 0 Å². The van der Waals surface area contributed by atoms with Crippen molar-refractivity contribution in [3.05, 3.63) is 29.8 Å². The number of nitrogens with one attached hydrogen (secondary N) is 1. The number of nitrogens with zero attached hydrogens (tertiary/aromatic N) is 2. The first kappa shape index (κ1) is 15.8. The largest absolute Gasteiger partial charge is 0.382 e. The maximum Gasteiger partial charge on any atom is 0.219 e. The zero-order valence-corrected chi connectivity index (χ0v) is 13.4. The first-order valence-corrected chi connectivity index (χ1v) is 7.80. The van der Waals surface area contributed by atoms with Crippen LogP contribution in [-0.4, -0.2) is 48.9 Å². The Labute approximate surface area is 128 Å². The third-order valence-corrected chi connectivity index (χ3v) is 4.21. The molecule has 1 aromatic carbocycles. The van der Waals surface area contributed by atoms with Crippen LogP contribution in [0.4, 0.5) is 5.69 Å². The minimum Gasteiger partial charge on any atom is -0.382 e. The molecule has 0 radical (unpaired) electrons. The minimum atomic E-state index is 0.0974. The third-order valence-electron chi connectivity index (χ3n) is 4.21. The fourth-order valence-electron chi connectivity index (χ4n) is 2.76. The predicted octanol–water partition coefficient (Wildman–Crippen LogP) is 2.56. The van der Waals surface area contributed by atoms with Gasteiger partial charge in [0.05, 0.1) is 0 Å². The molecule has 1 atom stereocenters. The van der Waals surface area contributed by atoms with Gasteiger partial charge in [-0.3, -0.25) is 4.79 Å². The highest BCUT2D eigenvalue weighted by atomic mass is 16.2. The highest BCUT2D eigenvalue weighted by molar-refractivity contribution is 5.72. The highest BCUT2D eigenvalue weighted by Gasteiger charge is 2.14. The maximum atomic E-state index is 11.3. The van der Waals surface area contributed by atoms with Gasteiger partial charge in [0.15, 0.2) is 0 Å². The van der Waals surface area contributed by atoms with Gasteiger partial charge in [-0.15, -0.1) is 0 Å². The molecule has 2 rings (SSSR count). The van der Waals surface area contributed by atoms with Crippen molar-refractivity contribution < 1.29 is 4.79 Å². The van der Waals surface area contributed by atoms with E-state index in [2.05, 4.69) is 41.5 Å². The van der Waals surface area contributed by atoms with Crippen LogP contribution >= 0.6 is 0 Å². The lowest BCUT2D eigenvalue weighted by Gasteiger charge is -2.20. The van der Waals surface area contributed by atoms with Crippen LogP contribution in [0.3, 0.4) is 0 Å². The van der Waals surface area contributed by atoms with E-state index in [0.717, 1.165) is 6.54 Å². The van der Waals surface area contributed by atoms with E-state index < -0.39 is 0 Å². The SMILES string of the molecule is CC(=O)N(C)Cc1cccc(NC2CCCN(C)CC2)c1. The highest BCUT2D eigenvalue weighted by Crippen LogP contribution is 2.18. The molecule has 0 aliphatic carbocycles. The van der Waals surface area contributed by atoms with Crippen LogP contribution in [0.15, 0.2) is 24.3 Å². The van der Waals surface area contributed by atoms with Gasteiger partial charge in [0.1, 0.15) is 0 Å². The van der Waals surface area contributed by atoms with Gasteiger partial charge in [0.2, 0.25) is 5.91 Å². The van der Waals surface area contributed by atoms with Crippen molar-refractivity contribution in [1.29, 1.82) is 0 Å². The van der Waals surface area contributed by atoms with Crippen LogP contribution in [0.1, 0.15) is 31.7 Å². The molecule has 0 spiro atoms. The normalized spacial score (nSPS) is 19.9. The Morgan fingerprint density at radius 3 is 2.95 bits per heavy atom. The van der Waals surface area contributed by atoms with Gasteiger partial charge in [-0.1, -0.05) is 12.1 Å². The van der Waals surface area contributed by atoms with Gasteiger partial charge in [-0.25, -0.2) is 0 Å². The fraction of sp³-hybridized carbons (Fsp3) is 0.588. The smallest absolute Gasteiger partial charge is 0.219 e. The zero-order chi connectivity index (χ0) is 15.2. The second-order valence-corrected chi connectivity index (χ2v) is 6.15. The van der Waals surface area contributed by atoms with Crippen molar-refractivity contribution in [1.82, 2.24) is 9.80 Å². The van der Waals surface area contributed by atoms with Gasteiger partial charge >= 0.3 is 0 Å². The van der Waals surface area contributed by atoms with E-state index in [1.165, 1.54) is 37.1 Å². The minimum absolute atomic E-state index is 0.0974. The molecule has 4 heteroatoms. The molecule has 1 unspecified atom stereocenters. The Morgan fingerprint density at radius 2 is 2.19 bits per heavy atom. The Morgan fingerprint density at radius 1 is 1.38 bits per heavy atom. The summed E-state index contributed by atoms with van der Waals surface area (Å²) in [7, 11) is 4.03. The molecule has 1 fully saturated rings. The lowest BCUT2D eigenvalue weighted by Crippen LogP contribution is -2.24. The van der Waals surface area contributed by atoms with Gasteiger partial charge in [-0.2, -0.15) is 0 Å². The van der Waals surface area contributed by atoms with Gasteiger partial charge < -0.3 is 15.1 Å². The Balaban J connectivity index is 1.95. The first-order valence-electron chi connectivity index (χ1n) is 7.80. The summed E-state index contributed by atoms with van der Waals surface area (Å²) in [5.74, 6) is 0.0974. The molecule has 1 N–H and O–H groups in total. The van der Waals surface area contributed by atoms with E-state index in [4.69, 9.17) is 0 Å². The number of benzene rings is 1. The second-order valence-electron chi connectivity index (χ2n) is 6.15. The standard InChI is InChI=1S/C17H27N3O/c1-14(21)20(3)13-15-6-4-7-17(12-15)18-16-8-5-10-19(2)11-9-16/h4,6-7,12,16,18H,5,8-11,13H2,1-3H3. The van der Waals surface area contributed by atoms with E-state index in [-0.39, 0.29) is 5.91 Å². The van der Waals surface area contributed by atoms with Crippen LogP contribution in [0.5, 0.6) is 0 Å². The lowest BCUT2D eigenvalue weighted by molar-refractivity contribution is -0.128. The monoisotopic (exact) mass is 289 g/mol. The van der Waals surface area contributed by atoms with Gasteiger partial charge in [-0.05, 0) is 57.1 Å². The number of hydrogen-bond acceptors (Lipinski definition) is 3.